The molecule has 17 heavy (non-hydrogen) atoms. The molecule has 0 radical (unpaired) electrons. The van der Waals surface area contributed by atoms with E-state index in [1.54, 1.807) is 17.0 Å². The smallest absolute Gasteiger partial charge is 0.336 e. The number of nitrogens with two attached hydrogens (primary N) is 1. The molecule has 90 valence electrons. The van der Waals surface area contributed by atoms with E-state index in [9.17, 15) is 9.59 Å². The Kier molecular flexibility index (Phi) is 3.10. The third-order valence-corrected chi connectivity index (χ3v) is 2.88. The molecular weight excluding hydrogens is 220 g/mol. The third-order valence-electron chi connectivity index (χ3n) is 2.88. The van der Waals surface area contributed by atoms with Crippen LogP contribution < -0.4 is 5.73 Å². The van der Waals surface area contributed by atoms with Crippen LogP contribution in [0, 0.1) is 0 Å². The fraction of sp³-hybridized carbons (Fsp3) is 0.333. The van der Waals surface area contributed by atoms with Crippen LogP contribution >= 0.6 is 0 Å². The van der Waals surface area contributed by atoms with Crippen molar-refractivity contribution in [3.8, 4) is 0 Å². The molecule has 1 aromatic carbocycles. The normalized spacial score (nSPS) is 13.9. The van der Waals surface area contributed by atoms with Crippen LogP contribution in [0.15, 0.2) is 18.2 Å². The van der Waals surface area contributed by atoms with Gasteiger partial charge < -0.3 is 15.7 Å². The maximum absolute atomic E-state index is 12.0. The maximum Gasteiger partial charge on any atom is 0.336 e. The van der Waals surface area contributed by atoms with Crippen LogP contribution in [0.3, 0.4) is 0 Å². The van der Waals surface area contributed by atoms with E-state index < -0.39 is 5.97 Å². The Balaban J connectivity index is 2.32. The Morgan fingerprint density at radius 3 is 2.88 bits per heavy atom. The lowest BCUT2D eigenvalue weighted by atomic mass is 10.0. The topological polar surface area (TPSA) is 83.6 Å². The van der Waals surface area contributed by atoms with Crippen molar-refractivity contribution in [2.75, 3.05) is 13.1 Å². The number of benzene rings is 1. The summed E-state index contributed by atoms with van der Waals surface area (Å²) < 4.78 is 0. The second-order valence-corrected chi connectivity index (χ2v) is 4.01. The fourth-order valence-corrected chi connectivity index (χ4v) is 2.06. The van der Waals surface area contributed by atoms with E-state index >= 15 is 0 Å². The van der Waals surface area contributed by atoms with Crippen LogP contribution in [0.25, 0.3) is 0 Å². The minimum Gasteiger partial charge on any atom is -0.478 e. The zero-order chi connectivity index (χ0) is 12.4. The second kappa shape index (κ2) is 4.55. The standard InChI is InChI=1S/C12H14N2O3/c13-5-2-6-14-7-8-3-1-4-9(12(16)17)10(8)11(14)15/h1,3-4H,2,5-7,13H2,(H,16,17). The molecule has 0 atom stereocenters. The van der Waals surface area contributed by atoms with E-state index in [0.717, 1.165) is 12.0 Å². The highest BCUT2D eigenvalue weighted by Crippen LogP contribution is 2.26. The first-order chi connectivity index (χ1) is 8.15. The summed E-state index contributed by atoms with van der Waals surface area (Å²) in [4.78, 5) is 24.7. The monoisotopic (exact) mass is 234 g/mol. The molecule has 1 heterocycles. The number of carboxylic acid groups (broad SMARTS) is 1. The number of hydrogen-bond donors (Lipinski definition) is 2. The molecule has 1 aliphatic heterocycles. The molecular formula is C12H14N2O3. The molecule has 0 bridgehead atoms. The van der Waals surface area contributed by atoms with Gasteiger partial charge in [0.25, 0.3) is 5.91 Å². The molecule has 0 fully saturated rings. The predicted octanol–water partition coefficient (Wildman–Crippen LogP) is 0.689. The van der Waals surface area contributed by atoms with Gasteiger partial charge in [0.1, 0.15) is 0 Å². The van der Waals surface area contributed by atoms with Crippen LogP contribution in [0.4, 0.5) is 0 Å². The lowest BCUT2D eigenvalue weighted by Gasteiger charge is -2.14. The van der Waals surface area contributed by atoms with Gasteiger partial charge in [0.15, 0.2) is 0 Å². The summed E-state index contributed by atoms with van der Waals surface area (Å²) in [5.41, 5.74) is 6.60. The number of aromatic carboxylic acids is 1. The number of carbonyl (C=O) groups excluding carboxylic acids is 1. The van der Waals surface area contributed by atoms with Crippen molar-refractivity contribution < 1.29 is 14.7 Å². The van der Waals surface area contributed by atoms with Crippen molar-refractivity contribution in [1.29, 1.82) is 0 Å². The van der Waals surface area contributed by atoms with Gasteiger partial charge in [-0.3, -0.25) is 4.79 Å². The largest absolute Gasteiger partial charge is 0.478 e. The van der Waals surface area contributed by atoms with Crippen molar-refractivity contribution in [1.82, 2.24) is 4.90 Å². The molecule has 0 saturated heterocycles. The average Bonchev–Trinajstić information content (AvgIpc) is 2.63. The number of carbonyl (C=O) groups is 2. The van der Waals surface area contributed by atoms with Gasteiger partial charge in [-0.15, -0.1) is 0 Å². The number of hydrogen-bond acceptors (Lipinski definition) is 3. The van der Waals surface area contributed by atoms with Crippen LogP contribution in [0.2, 0.25) is 0 Å². The van der Waals surface area contributed by atoms with Gasteiger partial charge >= 0.3 is 5.97 Å². The van der Waals surface area contributed by atoms with Crippen molar-refractivity contribution in [3.63, 3.8) is 0 Å². The Hall–Kier alpha value is -1.88. The second-order valence-electron chi connectivity index (χ2n) is 4.01. The van der Waals surface area contributed by atoms with Gasteiger partial charge in [-0.1, -0.05) is 12.1 Å². The van der Waals surface area contributed by atoms with Gasteiger partial charge in [-0.05, 0) is 24.6 Å². The highest BCUT2D eigenvalue weighted by molar-refractivity contribution is 6.07. The minimum atomic E-state index is -1.06. The Bertz CT molecular complexity index is 471. The van der Waals surface area contributed by atoms with Crippen LogP contribution in [0.1, 0.15) is 32.7 Å². The van der Waals surface area contributed by atoms with Crippen molar-refractivity contribution in [2.24, 2.45) is 5.73 Å². The van der Waals surface area contributed by atoms with E-state index in [0.29, 0.717) is 25.2 Å². The molecule has 1 aliphatic rings. The number of rotatable bonds is 4. The SMILES string of the molecule is NCCCN1Cc2cccc(C(=O)O)c2C1=O. The minimum absolute atomic E-state index is 0.0859. The molecule has 0 aliphatic carbocycles. The first-order valence-corrected chi connectivity index (χ1v) is 5.49. The van der Waals surface area contributed by atoms with E-state index in [2.05, 4.69) is 0 Å². The van der Waals surface area contributed by atoms with Crippen LogP contribution in [-0.4, -0.2) is 35.0 Å². The van der Waals surface area contributed by atoms with Gasteiger partial charge in [0, 0.05) is 13.1 Å². The quantitative estimate of drug-likeness (QED) is 0.802. The van der Waals surface area contributed by atoms with Gasteiger partial charge in [0.05, 0.1) is 11.1 Å². The van der Waals surface area contributed by atoms with Crippen LogP contribution in [-0.2, 0) is 6.54 Å². The Morgan fingerprint density at radius 1 is 1.47 bits per heavy atom. The molecule has 0 spiro atoms. The van der Waals surface area contributed by atoms with Crippen LogP contribution in [0.5, 0.6) is 0 Å². The average molecular weight is 234 g/mol. The molecule has 0 saturated carbocycles. The molecule has 5 heteroatoms. The van der Waals surface area contributed by atoms with Crippen molar-refractivity contribution in [3.05, 3.63) is 34.9 Å². The summed E-state index contributed by atoms with van der Waals surface area (Å²) in [7, 11) is 0. The lowest BCUT2D eigenvalue weighted by Crippen LogP contribution is -2.27. The maximum atomic E-state index is 12.0. The van der Waals surface area contributed by atoms with Crippen molar-refractivity contribution >= 4 is 11.9 Å². The van der Waals surface area contributed by atoms with E-state index in [-0.39, 0.29) is 11.5 Å². The summed E-state index contributed by atoms with van der Waals surface area (Å²) in [5, 5.41) is 9.04. The zero-order valence-corrected chi connectivity index (χ0v) is 9.35. The van der Waals surface area contributed by atoms with Gasteiger partial charge in [-0.25, -0.2) is 4.79 Å². The third kappa shape index (κ3) is 2.01. The number of carboxylic acids is 1. The van der Waals surface area contributed by atoms with E-state index in [1.807, 2.05) is 0 Å². The first kappa shape index (κ1) is 11.6. The van der Waals surface area contributed by atoms with Gasteiger partial charge in [0.2, 0.25) is 0 Å². The van der Waals surface area contributed by atoms with Gasteiger partial charge in [-0.2, -0.15) is 0 Å². The Labute approximate surface area is 98.8 Å². The molecule has 1 amide bonds. The molecule has 1 aromatic rings. The van der Waals surface area contributed by atoms with E-state index in [1.165, 1.54) is 6.07 Å². The summed E-state index contributed by atoms with van der Waals surface area (Å²) in [5.74, 6) is -1.26. The summed E-state index contributed by atoms with van der Waals surface area (Å²) in [6, 6.07) is 4.93. The molecule has 0 unspecified atom stereocenters. The molecule has 0 aromatic heterocycles. The summed E-state index contributed by atoms with van der Waals surface area (Å²) in [6.07, 6.45) is 0.724. The zero-order valence-electron chi connectivity index (χ0n) is 9.35. The molecule has 2 rings (SSSR count). The lowest BCUT2D eigenvalue weighted by molar-refractivity contribution is 0.0682. The number of amides is 1. The highest BCUT2D eigenvalue weighted by Gasteiger charge is 2.30. The number of fused-ring (bicyclic) bond motifs is 1. The highest BCUT2D eigenvalue weighted by atomic mass is 16.4. The predicted molar refractivity (Wildman–Crippen MR) is 61.8 cm³/mol. The summed E-state index contributed by atoms with van der Waals surface area (Å²) >= 11 is 0. The molecule has 3 N–H and O–H groups in total. The first-order valence-electron chi connectivity index (χ1n) is 5.49. The van der Waals surface area contributed by atoms with E-state index in [4.69, 9.17) is 10.8 Å². The Morgan fingerprint density at radius 2 is 2.24 bits per heavy atom. The fourth-order valence-electron chi connectivity index (χ4n) is 2.06. The number of nitrogens with zero attached hydrogens (tertiary/aromatic N) is 1. The van der Waals surface area contributed by atoms with Crippen molar-refractivity contribution in [2.45, 2.75) is 13.0 Å². The summed E-state index contributed by atoms with van der Waals surface area (Å²) in [6.45, 7) is 1.57. The molecule has 5 nitrogen and oxygen atoms in total.